The van der Waals surface area contributed by atoms with Crippen molar-refractivity contribution in [2.45, 2.75) is 32.6 Å². The van der Waals surface area contributed by atoms with E-state index in [9.17, 15) is 9.59 Å². The summed E-state index contributed by atoms with van der Waals surface area (Å²) in [5.74, 6) is 0.135. The zero-order valence-corrected chi connectivity index (χ0v) is 14.6. The van der Waals surface area contributed by atoms with Crippen LogP contribution in [0, 0.1) is 0 Å². The average Bonchev–Trinajstić information content (AvgIpc) is 2.94. The summed E-state index contributed by atoms with van der Waals surface area (Å²) in [7, 11) is 1.82. The number of aryl methyl sites for hydroxylation is 2. The standard InChI is InChI=1S/C18H23N5O2/c1-3-15-16(12-22(2)21-15)20-18(25)19-13-7-6-8-14(11-13)23-10-5-4-9-17(23)24/h6-8,11-12H,3-5,9-10H2,1-2H3,(H2,19,20,25). The molecule has 0 saturated carbocycles. The molecule has 0 atom stereocenters. The van der Waals surface area contributed by atoms with Gasteiger partial charge in [0.05, 0.1) is 11.4 Å². The summed E-state index contributed by atoms with van der Waals surface area (Å²) in [6.45, 7) is 2.72. The van der Waals surface area contributed by atoms with Crippen LogP contribution in [0.25, 0.3) is 0 Å². The van der Waals surface area contributed by atoms with Crippen LogP contribution in [0.4, 0.5) is 21.9 Å². The molecule has 1 aromatic heterocycles. The SMILES string of the molecule is CCc1nn(C)cc1NC(=O)Nc1cccc(N2CCCCC2=O)c1. The van der Waals surface area contributed by atoms with Gasteiger partial charge in [-0.05, 0) is 37.5 Å². The van der Waals surface area contributed by atoms with Gasteiger partial charge in [-0.3, -0.25) is 9.48 Å². The second kappa shape index (κ2) is 7.38. The lowest BCUT2D eigenvalue weighted by Crippen LogP contribution is -2.35. The maximum Gasteiger partial charge on any atom is 0.323 e. The lowest BCUT2D eigenvalue weighted by molar-refractivity contribution is -0.119. The molecule has 0 unspecified atom stereocenters. The Hall–Kier alpha value is -2.83. The highest BCUT2D eigenvalue weighted by Gasteiger charge is 2.19. The molecule has 1 saturated heterocycles. The highest BCUT2D eigenvalue weighted by molar-refractivity contribution is 6.01. The van der Waals surface area contributed by atoms with Crippen molar-refractivity contribution in [3.8, 4) is 0 Å². The Bertz CT molecular complexity index is 784. The summed E-state index contributed by atoms with van der Waals surface area (Å²) in [6, 6.07) is 7.04. The average molecular weight is 341 g/mol. The summed E-state index contributed by atoms with van der Waals surface area (Å²) < 4.78 is 1.68. The first-order valence-corrected chi connectivity index (χ1v) is 8.57. The Balaban J connectivity index is 1.69. The highest BCUT2D eigenvalue weighted by atomic mass is 16.2. The van der Waals surface area contributed by atoms with Crippen LogP contribution < -0.4 is 15.5 Å². The molecular weight excluding hydrogens is 318 g/mol. The molecule has 0 bridgehead atoms. The molecule has 0 spiro atoms. The number of nitrogens with zero attached hydrogens (tertiary/aromatic N) is 3. The van der Waals surface area contributed by atoms with E-state index in [1.54, 1.807) is 15.8 Å². The van der Waals surface area contributed by atoms with Crippen molar-refractivity contribution < 1.29 is 9.59 Å². The first kappa shape index (κ1) is 17.0. The van der Waals surface area contributed by atoms with E-state index in [-0.39, 0.29) is 11.9 Å². The van der Waals surface area contributed by atoms with Crippen molar-refractivity contribution in [2.75, 3.05) is 22.1 Å². The van der Waals surface area contributed by atoms with Crippen LogP contribution in [0.2, 0.25) is 0 Å². The summed E-state index contributed by atoms with van der Waals surface area (Å²) in [5, 5.41) is 9.95. The monoisotopic (exact) mass is 341 g/mol. The fourth-order valence-electron chi connectivity index (χ4n) is 3.02. The van der Waals surface area contributed by atoms with Gasteiger partial charge in [0.2, 0.25) is 5.91 Å². The smallest absolute Gasteiger partial charge is 0.312 e. The molecule has 132 valence electrons. The number of hydrogen-bond acceptors (Lipinski definition) is 3. The van der Waals surface area contributed by atoms with Gasteiger partial charge in [-0.1, -0.05) is 13.0 Å². The Morgan fingerprint density at radius 1 is 1.28 bits per heavy atom. The molecule has 7 heteroatoms. The molecule has 1 aliphatic heterocycles. The van der Waals surface area contributed by atoms with Gasteiger partial charge in [-0.15, -0.1) is 0 Å². The zero-order chi connectivity index (χ0) is 17.8. The van der Waals surface area contributed by atoms with Crippen molar-refractivity contribution in [2.24, 2.45) is 7.05 Å². The summed E-state index contributed by atoms with van der Waals surface area (Å²) in [5.41, 5.74) is 3.00. The Morgan fingerprint density at radius 2 is 2.12 bits per heavy atom. The number of carbonyl (C=O) groups excluding carboxylic acids is 2. The van der Waals surface area contributed by atoms with Crippen molar-refractivity contribution in [3.63, 3.8) is 0 Å². The van der Waals surface area contributed by atoms with Gasteiger partial charge in [0.1, 0.15) is 0 Å². The van der Waals surface area contributed by atoms with Gasteiger partial charge in [-0.25, -0.2) is 4.79 Å². The summed E-state index contributed by atoms with van der Waals surface area (Å²) in [4.78, 5) is 26.1. The van der Waals surface area contributed by atoms with E-state index in [2.05, 4.69) is 15.7 Å². The number of carbonyl (C=O) groups is 2. The van der Waals surface area contributed by atoms with E-state index in [0.29, 0.717) is 17.8 Å². The number of anilines is 3. The second-order valence-electron chi connectivity index (χ2n) is 6.15. The Kier molecular flexibility index (Phi) is 5.02. The molecule has 3 rings (SSSR count). The summed E-state index contributed by atoms with van der Waals surface area (Å²) >= 11 is 0. The zero-order valence-electron chi connectivity index (χ0n) is 14.6. The minimum absolute atomic E-state index is 0.135. The molecule has 0 aliphatic carbocycles. The molecule has 2 heterocycles. The van der Waals surface area contributed by atoms with Crippen molar-refractivity contribution in [3.05, 3.63) is 36.2 Å². The highest BCUT2D eigenvalue weighted by Crippen LogP contribution is 2.24. The fraction of sp³-hybridized carbons (Fsp3) is 0.389. The molecule has 7 nitrogen and oxygen atoms in total. The largest absolute Gasteiger partial charge is 0.323 e. The van der Waals surface area contributed by atoms with Gasteiger partial charge < -0.3 is 15.5 Å². The molecule has 2 aromatic rings. The van der Waals surface area contributed by atoms with Crippen LogP contribution in [-0.4, -0.2) is 28.3 Å². The molecule has 1 aliphatic rings. The topological polar surface area (TPSA) is 79.3 Å². The number of rotatable bonds is 4. The third kappa shape index (κ3) is 3.99. The molecule has 2 N–H and O–H groups in total. The lowest BCUT2D eigenvalue weighted by Gasteiger charge is -2.27. The predicted molar refractivity (Wildman–Crippen MR) is 97.9 cm³/mol. The first-order valence-electron chi connectivity index (χ1n) is 8.57. The van der Waals surface area contributed by atoms with Gasteiger partial charge in [0.25, 0.3) is 0 Å². The number of urea groups is 1. The number of piperidine rings is 1. The van der Waals surface area contributed by atoms with Gasteiger partial charge in [0.15, 0.2) is 0 Å². The van der Waals surface area contributed by atoms with Crippen molar-refractivity contribution in [1.82, 2.24) is 9.78 Å². The van der Waals surface area contributed by atoms with Gasteiger partial charge in [0, 0.05) is 37.6 Å². The predicted octanol–water partition coefficient (Wildman–Crippen LogP) is 3.14. The number of benzene rings is 1. The fourth-order valence-corrected chi connectivity index (χ4v) is 3.02. The van der Waals surface area contributed by atoms with Crippen LogP contribution >= 0.6 is 0 Å². The van der Waals surface area contributed by atoms with Gasteiger partial charge >= 0.3 is 6.03 Å². The van der Waals surface area contributed by atoms with Crippen LogP contribution in [0.15, 0.2) is 30.5 Å². The minimum atomic E-state index is -0.329. The maximum atomic E-state index is 12.3. The normalized spacial score (nSPS) is 14.5. The second-order valence-corrected chi connectivity index (χ2v) is 6.15. The van der Waals surface area contributed by atoms with Gasteiger partial charge in [-0.2, -0.15) is 5.10 Å². The van der Waals surface area contributed by atoms with Crippen molar-refractivity contribution in [1.29, 1.82) is 0 Å². The molecular formula is C18H23N5O2. The van der Waals surface area contributed by atoms with E-state index in [1.165, 1.54) is 0 Å². The van der Waals surface area contributed by atoms with E-state index < -0.39 is 0 Å². The van der Waals surface area contributed by atoms with E-state index >= 15 is 0 Å². The lowest BCUT2D eigenvalue weighted by atomic mass is 10.1. The molecule has 0 radical (unpaired) electrons. The summed E-state index contributed by atoms with van der Waals surface area (Å²) in [6.07, 6.45) is 5.05. The van der Waals surface area contributed by atoms with Crippen LogP contribution in [-0.2, 0) is 18.3 Å². The van der Waals surface area contributed by atoms with E-state index in [1.807, 2.05) is 38.2 Å². The maximum absolute atomic E-state index is 12.3. The Morgan fingerprint density at radius 3 is 2.88 bits per heavy atom. The minimum Gasteiger partial charge on any atom is -0.312 e. The third-order valence-corrected chi connectivity index (χ3v) is 4.23. The number of amides is 3. The first-order chi connectivity index (χ1) is 12.1. The molecule has 3 amide bonds. The number of hydrogen-bond donors (Lipinski definition) is 2. The van der Waals surface area contributed by atoms with Crippen LogP contribution in [0.1, 0.15) is 31.9 Å². The van der Waals surface area contributed by atoms with E-state index in [4.69, 9.17) is 0 Å². The van der Waals surface area contributed by atoms with E-state index in [0.717, 1.165) is 37.2 Å². The number of aromatic nitrogens is 2. The quantitative estimate of drug-likeness (QED) is 0.896. The molecule has 1 fully saturated rings. The van der Waals surface area contributed by atoms with Crippen LogP contribution in [0.3, 0.4) is 0 Å². The third-order valence-electron chi connectivity index (χ3n) is 4.23. The number of nitrogens with one attached hydrogen (secondary N) is 2. The van der Waals surface area contributed by atoms with Crippen LogP contribution in [0.5, 0.6) is 0 Å². The van der Waals surface area contributed by atoms with Crippen molar-refractivity contribution >= 4 is 29.0 Å². The molecule has 1 aromatic carbocycles. The Labute approximate surface area is 147 Å². The molecule has 25 heavy (non-hydrogen) atoms.